The number of amides is 2. The summed E-state index contributed by atoms with van der Waals surface area (Å²) in [6.07, 6.45) is -0.0447. The Morgan fingerprint density at radius 2 is 1.12 bits per heavy atom. The largest absolute Gasteiger partial charge is 0.497 e. The fourth-order valence-corrected chi connectivity index (χ4v) is 3.68. The van der Waals surface area contributed by atoms with E-state index in [2.05, 4.69) is 10.6 Å². The van der Waals surface area contributed by atoms with Gasteiger partial charge in [-0.25, -0.2) is 0 Å². The average molecular weight is 442 g/mol. The highest BCUT2D eigenvalue weighted by Gasteiger charge is 2.42. The zero-order chi connectivity index (χ0) is 23.3. The van der Waals surface area contributed by atoms with Crippen LogP contribution in [-0.4, -0.2) is 46.0 Å². The van der Waals surface area contributed by atoms with Crippen LogP contribution in [0.3, 0.4) is 0 Å². The molecule has 9 heteroatoms. The van der Waals surface area contributed by atoms with Gasteiger partial charge in [0.05, 0.1) is 51.6 Å². The number of Topliss-reactive ketones (excluding diaryl/α,β-unsaturated/α-hetero) is 1. The number of hydrogen-bond donors (Lipinski definition) is 2. The summed E-state index contributed by atoms with van der Waals surface area (Å²) >= 11 is 0. The summed E-state index contributed by atoms with van der Waals surface area (Å²) in [6, 6.07) is 9.95. The van der Waals surface area contributed by atoms with E-state index in [1.807, 2.05) is 0 Å². The molecule has 1 saturated carbocycles. The number of carbonyl (C=O) groups excluding carboxylic acids is 3. The van der Waals surface area contributed by atoms with Crippen LogP contribution in [0.1, 0.15) is 12.8 Å². The molecule has 170 valence electrons. The van der Waals surface area contributed by atoms with Gasteiger partial charge in [-0.3, -0.25) is 14.4 Å². The summed E-state index contributed by atoms with van der Waals surface area (Å²) in [6.45, 7) is 0. The molecule has 1 aliphatic rings. The normalized spacial score (nSPS) is 17.4. The molecule has 1 fully saturated rings. The van der Waals surface area contributed by atoms with Crippen LogP contribution in [0.5, 0.6) is 23.0 Å². The molecule has 0 spiro atoms. The van der Waals surface area contributed by atoms with E-state index in [-0.39, 0.29) is 18.6 Å². The van der Waals surface area contributed by atoms with Gasteiger partial charge >= 0.3 is 0 Å². The highest BCUT2D eigenvalue weighted by atomic mass is 16.5. The maximum atomic E-state index is 13.0. The lowest BCUT2D eigenvalue weighted by Crippen LogP contribution is -2.33. The number of hydrogen-bond acceptors (Lipinski definition) is 7. The first-order chi connectivity index (χ1) is 15.4. The lowest BCUT2D eigenvalue weighted by atomic mass is 9.94. The summed E-state index contributed by atoms with van der Waals surface area (Å²) in [5, 5.41) is 5.53. The smallest absolute Gasteiger partial charge is 0.228 e. The number of carbonyl (C=O) groups is 3. The van der Waals surface area contributed by atoms with Crippen molar-refractivity contribution in [2.45, 2.75) is 12.8 Å². The van der Waals surface area contributed by atoms with Crippen molar-refractivity contribution in [2.24, 2.45) is 11.8 Å². The highest BCUT2D eigenvalue weighted by Crippen LogP contribution is 2.36. The van der Waals surface area contributed by atoms with Crippen LogP contribution < -0.4 is 29.6 Å². The molecule has 1 aliphatic carbocycles. The molecule has 0 aromatic heterocycles. The Kier molecular flexibility index (Phi) is 7.19. The predicted octanol–water partition coefficient (Wildman–Crippen LogP) is 2.89. The summed E-state index contributed by atoms with van der Waals surface area (Å²) in [5.41, 5.74) is 0.787. The zero-order valence-corrected chi connectivity index (χ0v) is 18.4. The molecule has 0 heterocycles. The topological polar surface area (TPSA) is 112 Å². The predicted molar refractivity (Wildman–Crippen MR) is 118 cm³/mol. The van der Waals surface area contributed by atoms with E-state index < -0.39 is 23.7 Å². The third-order valence-electron chi connectivity index (χ3n) is 5.38. The molecule has 32 heavy (non-hydrogen) atoms. The van der Waals surface area contributed by atoms with Crippen molar-refractivity contribution in [3.63, 3.8) is 0 Å². The van der Waals surface area contributed by atoms with Gasteiger partial charge in [-0.1, -0.05) is 0 Å². The van der Waals surface area contributed by atoms with Crippen LogP contribution in [0.25, 0.3) is 0 Å². The second kappa shape index (κ2) is 10.0. The van der Waals surface area contributed by atoms with Gasteiger partial charge in [-0.05, 0) is 24.3 Å². The van der Waals surface area contributed by atoms with Crippen LogP contribution in [0.15, 0.2) is 36.4 Å². The quantitative estimate of drug-likeness (QED) is 0.646. The average Bonchev–Trinajstić information content (AvgIpc) is 3.20. The van der Waals surface area contributed by atoms with E-state index in [9.17, 15) is 14.4 Å². The monoisotopic (exact) mass is 442 g/mol. The molecule has 2 amide bonds. The summed E-state index contributed by atoms with van der Waals surface area (Å²) in [7, 11) is 5.98. The zero-order valence-electron chi connectivity index (χ0n) is 18.4. The van der Waals surface area contributed by atoms with Crippen LogP contribution in [0.4, 0.5) is 11.4 Å². The second-order valence-corrected chi connectivity index (χ2v) is 7.27. The van der Waals surface area contributed by atoms with E-state index in [1.165, 1.54) is 28.4 Å². The fraction of sp³-hybridized carbons (Fsp3) is 0.348. The summed E-state index contributed by atoms with van der Waals surface area (Å²) in [5.74, 6) is -0.756. The first-order valence-corrected chi connectivity index (χ1v) is 9.97. The van der Waals surface area contributed by atoms with Gasteiger partial charge in [0, 0.05) is 25.0 Å². The molecule has 0 bridgehead atoms. The number of anilines is 2. The Labute approximate surface area is 186 Å². The molecule has 2 N–H and O–H groups in total. The Hall–Kier alpha value is -3.75. The molecule has 0 aliphatic heterocycles. The van der Waals surface area contributed by atoms with Crippen LogP contribution in [0, 0.1) is 11.8 Å². The van der Waals surface area contributed by atoms with Gasteiger partial charge < -0.3 is 29.6 Å². The van der Waals surface area contributed by atoms with E-state index in [0.29, 0.717) is 34.4 Å². The third-order valence-corrected chi connectivity index (χ3v) is 5.38. The Bertz CT molecular complexity index is 942. The molecule has 2 aromatic carbocycles. The van der Waals surface area contributed by atoms with Gasteiger partial charge in [0.25, 0.3) is 0 Å². The molecular formula is C23H26N2O7. The number of benzene rings is 2. The maximum Gasteiger partial charge on any atom is 0.228 e. The van der Waals surface area contributed by atoms with Crippen LogP contribution in [0.2, 0.25) is 0 Å². The molecule has 0 unspecified atom stereocenters. The SMILES string of the molecule is COc1ccc(OC)c(NC(=O)[C@H]2CC(=O)C[C@H]2C(=O)Nc2cc(OC)ccc2OC)c1. The first-order valence-electron chi connectivity index (χ1n) is 9.97. The molecular weight excluding hydrogens is 416 g/mol. The van der Waals surface area contributed by atoms with Crippen molar-refractivity contribution < 1.29 is 33.3 Å². The lowest BCUT2D eigenvalue weighted by molar-refractivity contribution is -0.128. The maximum absolute atomic E-state index is 13.0. The minimum atomic E-state index is -0.824. The molecule has 3 rings (SSSR count). The van der Waals surface area contributed by atoms with Crippen molar-refractivity contribution >= 4 is 29.0 Å². The number of ketones is 1. The Morgan fingerprint density at radius 3 is 1.47 bits per heavy atom. The van der Waals surface area contributed by atoms with Gasteiger partial charge in [0.15, 0.2) is 0 Å². The molecule has 2 aromatic rings. The minimum Gasteiger partial charge on any atom is -0.497 e. The van der Waals surface area contributed by atoms with Gasteiger partial charge in [0.1, 0.15) is 28.8 Å². The summed E-state index contributed by atoms with van der Waals surface area (Å²) < 4.78 is 21.0. The number of rotatable bonds is 8. The highest BCUT2D eigenvalue weighted by molar-refractivity contribution is 6.06. The van der Waals surface area contributed by atoms with Crippen molar-refractivity contribution in [2.75, 3.05) is 39.1 Å². The molecule has 9 nitrogen and oxygen atoms in total. The number of nitrogens with one attached hydrogen (secondary N) is 2. The van der Waals surface area contributed by atoms with E-state index in [0.717, 1.165) is 0 Å². The third kappa shape index (κ3) is 4.93. The van der Waals surface area contributed by atoms with Crippen LogP contribution >= 0.6 is 0 Å². The minimum absolute atomic E-state index is 0.0224. The number of methoxy groups -OCH3 is 4. The van der Waals surface area contributed by atoms with E-state index >= 15 is 0 Å². The second-order valence-electron chi connectivity index (χ2n) is 7.27. The van der Waals surface area contributed by atoms with Gasteiger partial charge in [0.2, 0.25) is 11.8 Å². The van der Waals surface area contributed by atoms with Gasteiger partial charge in [-0.2, -0.15) is 0 Å². The Morgan fingerprint density at radius 1 is 0.719 bits per heavy atom. The molecule has 0 saturated heterocycles. The van der Waals surface area contributed by atoms with E-state index in [4.69, 9.17) is 18.9 Å². The first kappa shape index (κ1) is 22.9. The van der Waals surface area contributed by atoms with Crippen molar-refractivity contribution in [1.29, 1.82) is 0 Å². The standard InChI is InChI=1S/C23H26N2O7/c1-29-14-5-7-20(31-3)18(11-14)24-22(27)16-9-13(26)10-17(16)23(28)25-19-12-15(30-2)6-8-21(19)32-4/h5-8,11-12,16-17H,9-10H2,1-4H3,(H,24,27)(H,25,28)/t16-,17+. The van der Waals surface area contributed by atoms with Crippen molar-refractivity contribution in [3.05, 3.63) is 36.4 Å². The van der Waals surface area contributed by atoms with E-state index in [1.54, 1.807) is 36.4 Å². The lowest BCUT2D eigenvalue weighted by Gasteiger charge is -2.20. The number of ether oxygens (including phenoxy) is 4. The van der Waals surface area contributed by atoms with Crippen molar-refractivity contribution in [3.8, 4) is 23.0 Å². The Balaban J connectivity index is 1.80. The van der Waals surface area contributed by atoms with Crippen LogP contribution in [-0.2, 0) is 14.4 Å². The van der Waals surface area contributed by atoms with Crippen molar-refractivity contribution in [1.82, 2.24) is 0 Å². The van der Waals surface area contributed by atoms with Gasteiger partial charge in [-0.15, -0.1) is 0 Å². The molecule has 0 radical (unpaired) electrons. The molecule has 2 atom stereocenters. The fourth-order valence-electron chi connectivity index (χ4n) is 3.68. The summed E-state index contributed by atoms with van der Waals surface area (Å²) in [4.78, 5) is 38.2.